The van der Waals surface area contributed by atoms with Gasteiger partial charge in [-0.2, -0.15) is 0 Å². The zero-order valence-corrected chi connectivity index (χ0v) is 9.83. The molecule has 0 aromatic heterocycles. The van der Waals surface area contributed by atoms with Gasteiger partial charge < -0.3 is 15.6 Å². The largest absolute Gasteiger partial charge is 0.496 e. The standard InChI is InChI=1S/C12H18FNO2/c1-12(2,7-15)11(14)9-5-4-8(13)6-10(9)16-3/h4-6,11,15H,7,14H2,1-3H3/t11-/m0/s1. The number of halogens is 1. The Morgan fingerprint density at radius 3 is 2.62 bits per heavy atom. The van der Waals surface area contributed by atoms with Crippen LogP contribution >= 0.6 is 0 Å². The van der Waals surface area contributed by atoms with Gasteiger partial charge in [0.15, 0.2) is 0 Å². The van der Waals surface area contributed by atoms with Crippen LogP contribution in [0.2, 0.25) is 0 Å². The minimum absolute atomic E-state index is 0.0469. The highest BCUT2D eigenvalue weighted by atomic mass is 19.1. The molecule has 0 fully saturated rings. The molecule has 0 heterocycles. The Kier molecular flexibility index (Phi) is 3.88. The maximum Gasteiger partial charge on any atom is 0.126 e. The molecule has 4 heteroatoms. The van der Waals surface area contributed by atoms with Gasteiger partial charge >= 0.3 is 0 Å². The van der Waals surface area contributed by atoms with Crippen LogP contribution in [0.5, 0.6) is 5.75 Å². The van der Waals surface area contributed by atoms with E-state index in [0.717, 1.165) is 0 Å². The first kappa shape index (κ1) is 12.9. The summed E-state index contributed by atoms with van der Waals surface area (Å²) < 4.78 is 18.1. The average Bonchev–Trinajstić information content (AvgIpc) is 2.27. The summed E-state index contributed by atoms with van der Waals surface area (Å²) >= 11 is 0. The summed E-state index contributed by atoms with van der Waals surface area (Å²) in [6, 6.07) is 3.82. The van der Waals surface area contributed by atoms with Crippen molar-refractivity contribution in [2.45, 2.75) is 19.9 Å². The number of methoxy groups -OCH3 is 1. The number of benzene rings is 1. The fourth-order valence-corrected chi connectivity index (χ4v) is 1.46. The minimum Gasteiger partial charge on any atom is -0.496 e. The lowest BCUT2D eigenvalue weighted by atomic mass is 9.81. The van der Waals surface area contributed by atoms with Crippen molar-refractivity contribution in [1.29, 1.82) is 0 Å². The summed E-state index contributed by atoms with van der Waals surface area (Å²) in [5, 5.41) is 9.25. The van der Waals surface area contributed by atoms with Gasteiger partial charge in [0.25, 0.3) is 0 Å². The third kappa shape index (κ3) is 2.51. The van der Waals surface area contributed by atoms with Gasteiger partial charge in [0.1, 0.15) is 11.6 Å². The molecule has 0 saturated carbocycles. The second-order valence-corrected chi connectivity index (χ2v) is 4.51. The Bertz CT molecular complexity index is 366. The number of ether oxygens (including phenoxy) is 1. The van der Waals surface area contributed by atoms with E-state index in [9.17, 15) is 9.50 Å². The lowest BCUT2D eigenvalue weighted by molar-refractivity contribution is 0.131. The van der Waals surface area contributed by atoms with Crippen molar-refractivity contribution in [3.8, 4) is 5.75 Å². The van der Waals surface area contributed by atoms with E-state index < -0.39 is 11.5 Å². The molecule has 3 nitrogen and oxygen atoms in total. The third-order valence-corrected chi connectivity index (χ3v) is 2.78. The molecule has 1 aromatic rings. The maximum atomic E-state index is 13.0. The van der Waals surface area contributed by atoms with Crippen LogP contribution in [-0.2, 0) is 0 Å². The zero-order chi connectivity index (χ0) is 12.3. The van der Waals surface area contributed by atoms with Crippen molar-refractivity contribution in [3.05, 3.63) is 29.6 Å². The molecule has 1 aromatic carbocycles. The molecule has 3 N–H and O–H groups in total. The topological polar surface area (TPSA) is 55.5 Å². The second-order valence-electron chi connectivity index (χ2n) is 4.51. The minimum atomic E-state index is -0.481. The quantitative estimate of drug-likeness (QED) is 0.825. The Hall–Kier alpha value is -1.13. The van der Waals surface area contributed by atoms with Crippen molar-refractivity contribution in [2.75, 3.05) is 13.7 Å². The van der Waals surface area contributed by atoms with Crippen molar-refractivity contribution >= 4 is 0 Å². The molecule has 0 aliphatic carbocycles. The summed E-state index contributed by atoms with van der Waals surface area (Å²) in [7, 11) is 1.47. The molecule has 0 radical (unpaired) electrons. The third-order valence-electron chi connectivity index (χ3n) is 2.78. The molecule has 0 aliphatic rings. The Labute approximate surface area is 95.0 Å². The predicted molar refractivity (Wildman–Crippen MR) is 60.7 cm³/mol. The first-order chi connectivity index (χ1) is 7.42. The number of nitrogens with two attached hydrogens (primary N) is 1. The van der Waals surface area contributed by atoms with Crippen LogP contribution in [0.1, 0.15) is 25.5 Å². The van der Waals surface area contributed by atoms with Gasteiger partial charge in [-0.15, -0.1) is 0 Å². The lowest BCUT2D eigenvalue weighted by Gasteiger charge is -2.30. The van der Waals surface area contributed by atoms with Crippen molar-refractivity contribution < 1.29 is 14.2 Å². The Morgan fingerprint density at radius 2 is 2.12 bits per heavy atom. The van der Waals surface area contributed by atoms with Crippen LogP contribution in [0.4, 0.5) is 4.39 Å². The molecule has 0 amide bonds. The van der Waals surface area contributed by atoms with E-state index in [-0.39, 0.29) is 12.4 Å². The summed E-state index contributed by atoms with van der Waals surface area (Å²) in [5.74, 6) is 0.0450. The van der Waals surface area contributed by atoms with E-state index in [1.54, 1.807) is 6.07 Å². The maximum absolute atomic E-state index is 13.0. The summed E-state index contributed by atoms with van der Waals surface area (Å²) in [4.78, 5) is 0. The highest BCUT2D eigenvalue weighted by Crippen LogP contribution is 2.35. The van der Waals surface area contributed by atoms with Crippen LogP contribution in [0.15, 0.2) is 18.2 Å². The molecule has 0 bridgehead atoms. The Morgan fingerprint density at radius 1 is 1.50 bits per heavy atom. The van der Waals surface area contributed by atoms with Crippen molar-refractivity contribution in [3.63, 3.8) is 0 Å². The first-order valence-corrected chi connectivity index (χ1v) is 5.12. The van der Waals surface area contributed by atoms with E-state index in [1.807, 2.05) is 13.8 Å². The smallest absolute Gasteiger partial charge is 0.126 e. The fraction of sp³-hybridized carbons (Fsp3) is 0.500. The van der Waals surface area contributed by atoms with Gasteiger partial charge in [-0.05, 0) is 6.07 Å². The van der Waals surface area contributed by atoms with Crippen LogP contribution in [0.25, 0.3) is 0 Å². The van der Waals surface area contributed by atoms with Crippen LogP contribution in [-0.4, -0.2) is 18.8 Å². The molecule has 1 rings (SSSR count). The van der Waals surface area contributed by atoms with Gasteiger partial charge in [0.05, 0.1) is 7.11 Å². The molecule has 0 unspecified atom stereocenters. The predicted octanol–water partition coefficient (Wildman–Crippen LogP) is 1.85. The second kappa shape index (κ2) is 4.80. The van der Waals surface area contributed by atoms with Gasteiger partial charge in [-0.1, -0.05) is 19.9 Å². The molecule has 16 heavy (non-hydrogen) atoms. The number of hydrogen-bond donors (Lipinski definition) is 2. The average molecular weight is 227 g/mol. The van der Waals surface area contributed by atoms with E-state index in [1.165, 1.54) is 19.2 Å². The molecule has 0 spiro atoms. The normalized spacial score (nSPS) is 13.6. The molecule has 90 valence electrons. The molecule has 0 saturated heterocycles. The number of aliphatic hydroxyl groups excluding tert-OH is 1. The van der Waals surface area contributed by atoms with E-state index in [2.05, 4.69) is 0 Å². The molecule has 0 aliphatic heterocycles. The Balaban J connectivity index is 3.13. The van der Waals surface area contributed by atoms with E-state index >= 15 is 0 Å². The van der Waals surface area contributed by atoms with Gasteiger partial charge in [0.2, 0.25) is 0 Å². The monoisotopic (exact) mass is 227 g/mol. The highest BCUT2D eigenvalue weighted by Gasteiger charge is 2.29. The van der Waals surface area contributed by atoms with E-state index in [4.69, 9.17) is 10.5 Å². The fourth-order valence-electron chi connectivity index (χ4n) is 1.46. The first-order valence-electron chi connectivity index (χ1n) is 5.12. The summed E-state index contributed by atoms with van der Waals surface area (Å²) in [5.41, 5.74) is 6.26. The van der Waals surface area contributed by atoms with Crippen molar-refractivity contribution in [2.24, 2.45) is 11.1 Å². The highest BCUT2D eigenvalue weighted by molar-refractivity contribution is 5.37. The molecular formula is C12H18FNO2. The summed E-state index contributed by atoms with van der Waals surface area (Å²) in [6.45, 7) is 3.65. The van der Waals surface area contributed by atoms with Crippen LogP contribution in [0.3, 0.4) is 0 Å². The van der Waals surface area contributed by atoms with Gasteiger partial charge in [-0.3, -0.25) is 0 Å². The van der Waals surface area contributed by atoms with Gasteiger partial charge in [0, 0.05) is 29.7 Å². The number of hydrogen-bond acceptors (Lipinski definition) is 3. The summed E-state index contributed by atoms with van der Waals surface area (Å²) in [6.07, 6.45) is 0. The molecular weight excluding hydrogens is 209 g/mol. The number of rotatable bonds is 4. The lowest BCUT2D eigenvalue weighted by Crippen LogP contribution is -2.32. The van der Waals surface area contributed by atoms with Crippen LogP contribution in [0, 0.1) is 11.2 Å². The van der Waals surface area contributed by atoms with Crippen molar-refractivity contribution in [1.82, 2.24) is 0 Å². The number of aliphatic hydroxyl groups is 1. The SMILES string of the molecule is COc1cc(F)ccc1[C@H](N)C(C)(C)CO. The van der Waals surface area contributed by atoms with E-state index in [0.29, 0.717) is 11.3 Å². The van der Waals surface area contributed by atoms with Gasteiger partial charge in [-0.25, -0.2) is 4.39 Å². The molecule has 1 atom stereocenters. The zero-order valence-electron chi connectivity index (χ0n) is 9.83. The van der Waals surface area contributed by atoms with Crippen LogP contribution < -0.4 is 10.5 Å².